The van der Waals surface area contributed by atoms with Crippen molar-refractivity contribution in [3.63, 3.8) is 0 Å². The maximum atomic E-state index is 5.15. The summed E-state index contributed by atoms with van der Waals surface area (Å²) in [5, 5.41) is 6.43. The first kappa shape index (κ1) is 5.09. The Morgan fingerprint density at radius 2 is 2.75 bits per heavy atom. The zero-order valence-corrected chi connectivity index (χ0v) is 4.46. The van der Waals surface area contributed by atoms with Gasteiger partial charge in [0.05, 0.1) is 6.20 Å². The van der Waals surface area contributed by atoms with E-state index in [1.54, 1.807) is 12.3 Å². The second kappa shape index (κ2) is 2.31. The summed E-state index contributed by atoms with van der Waals surface area (Å²) in [7, 11) is 0. The van der Waals surface area contributed by atoms with Crippen molar-refractivity contribution in [1.29, 1.82) is 0 Å². The van der Waals surface area contributed by atoms with Crippen molar-refractivity contribution in [2.75, 3.05) is 0 Å². The van der Waals surface area contributed by atoms with Crippen molar-refractivity contribution in [2.24, 2.45) is 0 Å². The van der Waals surface area contributed by atoms with Crippen LogP contribution in [0.5, 0.6) is 0 Å². The van der Waals surface area contributed by atoms with Crippen LogP contribution in [0.4, 0.5) is 0 Å². The van der Waals surface area contributed by atoms with Crippen LogP contribution in [-0.2, 0) is 6.42 Å². The fraction of sp³-hybridized carbons (Fsp3) is 0.167. The third kappa shape index (κ3) is 0.964. The molecular weight excluding hydrogens is 100 g/mol. The van der Waals surface area contributed by atoms with Crippen LogP contribution in [0.3, 0.4) is 0 Å². The molecule has 1 aromatic rings. The highest BCUT2D eigenvalue weighted by Gasteiger charge is 1.85. The van der Waals surface area contributed by atoms with Crippen LogP contribution in [0, 0.1) is 6.58 Å². The van der Waals surface area contributed by atoms with Gasteiger partial charge in [0.25, 0.3) is 0 Å². The molecule has 1 aromatic heterocycles. The number of hydrogen-bond acceptors (Lipinski definition) is 1. The molecule has 0 bridgehead atoms. The van der Waals surface area contributed by atoms with Gasteiger partial charge < -0.3 is 0 Å². The number of aromatic nitrogens is 2. The monoisotopic (exact) mass is 107 g/mol. The lowest BCUT2D eigenvalue weighted by Gasteiger charge is -1.79. The summed E-state index contributed by atoms with van der Waals surface area (Å²) in [4.78, 5) is 0. The summed E-state index contributed by atoms with van der Waals surface area (Å²) in [6.45, 7) is 5.15. The topological polar surface area (TPSA) is 28.7 Å². The molecule has 0 aliphatic carbocycles. The molecular formula is C6H7N2. The molecule has 0 aromatic carbocycles. The first-order valence-corrected chi connectivity index (χ1v) is 2.44. The van der Waals surface area contributed by atoms with Gasteiger partial charge >= 0.3 is 0 Å². The lowest BCUT2D eigenvalue weighted by molar-refractivity contribution is 1.09. The van der Waals surface area contributed by atoms with E-state index in [1.165, 1.54) is 0 Å². The maximum absolute atomic E-state index is 5.15. The molecule has 1 heterocycles. The standard InChI is InChI=1S/C6H7N2/c1-2-3-6-4-7-8-5-6/h1-2,4-5H,3H2,(H,7,8). The molecule has 0 aliphatic heterocycles. The van der Waals surface area contributed by atoms with E-state index in [-0.39, 0.29) is 0 Å². The molecule has 0 unspecified atom stereocenters. The van der Waals surface area contributed by atoms with Gasteiger partial charge in [-0.3, -0.25) is 5.10 Å². The van der Waals surface area contributed by atoms with Crippen LogP contribution in [-0.4, -0.2) is 10.2 Å². The highest BCUT2D eigenvalue weighted by Crippen LogP contribution is 1.93. The van der Waals surface area contributed by atoms with Gasteiger partial charge in [-0.2, -0.15) is 5.10 Å². The van der Waals surface area contributed by atoms with Crippen molar-refractivity contribution < 1.29 is 0 Å². The van der Waals surface area contributed by atoms with Crippen LogP contribution >= 0.6 is 0 Å². The molecule has 0 saturated carbocycles. The molecule has 1 N–H and O–H groups in total. The fourth-order valence-electron chi connectivity index (χ4n) is 0.525. The molecule has 0 atom stereocenters. The Kier molecular flexibility index (Phi) is 1.47. The van der Waals surface area contributed by atoms with E-state index >= 15 is 0 Å². The number of allylic oxidation sites excluding steroid dienone is 1. The van der Waals surface area contributed by atoms with Crippen LogP contribution in [0.2, 0.25) is 0 Å². The molecule has 41 valence electrons. The Hall–Kier alpha value is -1.05. The number of hydrogen-bond donors (Lipinski definition) is 1. The minimum atomic E-state index is 0.788. The molecule has 1 radical (unpaired) electrons. The van der Waals surface area contributed by atoms with E-state index in [0.717, 1.165) is 12.0 Å². The Morgan fingerprint density at radius 1 is 1.88 bits per heavy atom. The highest BCUT2D eigenvalue weighted by molar-refractivity contribution is 5.05. The number of nitrogens with zero attached hydrogens (tertiary/aromatic N) is 1. The predicted octanol–water partition coefficient (Wildman–Crippen LogP) is 0.941. The molecule has 0 fully saturated rings. The van der Waals surface area contributed by atoms with E-state index in [2.05, 4.69) is 10.2 Å². The second-order valence-corrected chi connectivity index (χ2v) is 1.55. The number of H-pyrrole nitrogens is 1. The molecule has 2 nitrogen and oxygen atoms in total. The molecule has 2 heteroatoms. The lowest BCUT2D eigenvalue weighted by atomic mass is 10.3. The van der Waals surface area contributed by atoms with Gasteiger partial charge in [-0.1, -0.05) is 12.7 Å². The van der Waals surface area contributed by atoms with E-state index < -0.39 is 0 Å². The van der Waals surface area contributed by atoms with Crippen LogP contribution in [0.1, 0.15) is 5.56 Å². The Bertz CT molecular complexity index is 153. The normalized spacial score (nSPS) is 9.00. The van der Waals surface area contributed by atoms with Gasteiger partial charge in [-0.05, 0) is 12.0 Å². The Balaban J connectivity index is 2.62. The summed E-state index contributed by atoms with van der Waals surface area (Å²) in [6.07, 6.45) is 5.97. The van der Waals surface area contributed by atoms with Crippen molar-refractivity contribution in [1.82, 2.24) is 10.2 Å². The first-order chi connectivity index (χ1) is 3.93. The summed E-state index contributed by atoms with van der Waals surface area (Å²) in [6, 6.07) is 0. The van der Waals surface area contributed by atoms with E-state index in [1.807, 2.05) is 6.20 Å². The van der Waals surface area contributed by atoms with Gasteiger partial charge in [0.2, 0.25) is 0 Å². The summed E-state index contributed by atoms with van der Waals surface area (Å²) in [5.41, 5.74) is 1.12. The Morgan fingerprint density at radius 3 is 3.25 bits per heavy atom. The van der Waals surface area contributed by atoms with Gasteiger partial charge in [0.1, 0.15) is 0 Å². The number of aromatic amines is 1. The molecule has 0 aliphatic rings. The average molecular weight is 107 g/mol. The number of rotatable bonds is 2. The zero-order chi connectivity index (χ0) is 5.82. The van der Waals surface area contributed by atoms with Crippen molar-refractivity contribution in [3.8, 4) is 0 Å². The smallest absolute Gasteiger partial charge is 0.0522 e. The van der Waals surface area contributed by atoms with E-state index in [0.29, 0.717) is 0 Å². The molecule has 0 spiro atoms. The van der Waals surface area contributed by atoms with Crippen molar-refractivity contribution >= 4 is 0 Å². The molecule has 1 rings (SSSR count). The summed E-state index contributed by atoms with van der Waals surface area (Å²) >= 11 is 0. The third-order valence-corrected chi connectivity index (χ3v) is 0.908. The van der Waals surface area contributed by atoms with Gasteiger partial charge in [-0.15, -0.1) is 0 Å². The molecule has 8 heavy (non-hydrogen) atoms. The lowest BCUT2D eigenvalue weighted by Crippen LogP contribution is -1.70. The molecule has 0 saturated heterocycles. The van der Waals surface area contributed by atoms with Gasteiger partial charge in [0.15, 0.2) is 0 Å². The number of nitrogens with one attached hydrogen (secondary N) is 1. The van der Waals surface area contributed by atoms with E-state index in [9.17, 15) is 0 Å². The second-order valence-electron chi connectivity index (χ2n) is 1.55. The van der Waals surface area contributed by atoms with Crippen molar-refractivity contribution in [2.45, 2.75) is 6.42 Å². The Labute approximate surface area is 48.2 Å². The fourth-order valence-corrected chi connectivity index (χ4v) is 0.525. The third-order valence-electron chi connectivity index (χ3n) is 0.908. The van der Waals surface area contributed by atoms with E-state index in [4.69, 9.17) is 6.58 Å². The summed E-state index contributed by atoms with van der Waals surface area (Å²) < 4.78 is 0. The van der Waals surface area contributed by atoms with Crippen LogP contribution < -0.4 is 0 Å². The van der Waals surface area contributed by atoms with Crippen molar-refractivity contribution in [3.05, 3.63) is 30.6 Å². The average Bonchev–Trinajstić information content (AvgIpc) is 2.19. The zero-order valence-electron chi connectivity index (χ0n) is 4.46. The molecule has 0 amide bonds. The van der Waals surface area contributed by atoms with Gasteiger partial charge in [0, 0.05) is 6.20 Å². The SMILES string of the molecule is [CH]=CCc1cn[nH]c1. The highest BCUT2D eigenvalue weighted by atomic mass is 15.1. The largest absolute Gasteiger partial charge is 0.285 e. The quantitative estimate of drug-likeness (QED) is 0.598. The van der Waals surface area contributed by atoms with Crippen LogP contribution in [0.25, 0.3) is 0 Å². The maximum Gasteiger partial charge on any atom is 0.0522 e. The minimum absolute atomic E-state index is 0.788. The van der Waals surface area contributed by atoms with Gasteiger partial charge in [-0.25, -0.2) is 0 Å². The predicted molar refractivity (Wildman–Crippen MR) is 31.2 cm³/mol. The van der Waals surface area contributed by atoms with Crippen LogP contribution in [0.15, 0.2) is 18.5 Å². The first-order valence-electron chi connectivity index (χ1n) is 2.44. The summed E-state index contributed by atoms with van der Waals surface area (Å²) in [5.74, 6) is 0. The minimum Gasteiger partial charge on any atom is -0.285 e.